The van der Waals surface area contributed by atoms with E-state index in [1.54, 1.807) is 12.1 Å². The number of halogens is 1. The van der Waals surface area contributed by atoms with Crippen molar-refractivity contribution in [3.63, 3.8) is 0 Å². The summed E-state index contributed by atoms with van der Waals surface area (Å²) < 4.78 is 5.15. The lowest BCUT2D eigenvalue weighted by atomic mass is 9.96. The van der Waals surface area contributed by atoms with Gasteiger partial charge in [0.25, 0.3) is 0 Å². The van der Waals surface area contributed by atoms with Gasteiger partial charge in [0.05, 0.1) is 11.5 Å². The highest BCUT2D eigenvalue weighted by Crippen LogP contribution is 2.47. The van der Waals surface area contributed by atoms with Crippen LogP contribution in [0.5, 0.6) is 0 Å². The molecule has 19 heavy (non-hydrogen) atoms. The lowest BCUT2D eigenvalue weighted by molar-refractivity contribution is -0.120. The van der Waals surface area contributed by atoms with Gasteiger partial charge in [0, 0.05) is 11.6 Å². The summed E-state index contributed by atoms with van der Waals surface area (Å²) in [6.07, 6.45) is 4.81. The van der Waals surface area contributed by atoms with Gasteiger partial charge in [0.2, 0.25) is 5.91 Å². The minimum Gasteiger partial charge on any atom is -0.379 e. The molecule has 2 fully saturated rings. The van der Waals surface area contributed by atoms with Gasteiger partial charge >= 0.3 is 0 Å². The Kier molecular flexibility index (Phi) is 4.48. The number of nitrogens with two attached hydrogens (primary N) is 1. The van der Waals surface area contributed by atoms with E-state index in [0.717, 1.165) is 25.0 Å². The highest BCUT2D eigenvalue weighted by atomic mass is 35.5. The van der Waals surface area contributed by atoms with Crippen LogP contribution in [0.1, 0.15) is 38.2 Å². The number of amides is 1. The molecule has 0 spiro atoms. The smallest absolute Gasteiger partial charge is 0.228 e. The van der Waals surface area contributed by atoms with Crippen LogP contribution in [-0.4, -0.2) is 18.6 Å². The summed E-state index contributed by atoms with van der Waals surface area (Å²) in [5.74, 6) is -0.227. The lowest BCUT2D eigenvalue weighted by Crippen LogP contribution is -2.28. The molecule has 3 rings (SSSR count). The molecule has 0 radical (unpaired) electrons. The van der Waals surface area contributed by atoms with Gasteiger partial charge in [-0.25, -0.2) is 0 Å². The Labute approximate surface area is 119 Å². The molecule has 4 heteroatoms. The zero-order valence-electron chi connectivity index (χ0n) is 11.2. The molecule has 1 atom stereocenters. The molecule has 1 heterocycles. The second kappa shape index (κ2) is 5.93. The molecule has 104 valence electrons. The summed E-state index contributed by atoms with van der Waals surface area (Å²) in [5, 5.41) is 0.684. The number of carbonyl (C=O) groups is 1. The van der Waals surface area contributed by atoms with Gasteiger partial charge in [-0.1, -0.05) is 23.7 Å². The maximum atomic E-state index is 11.2. The van der Waals surface area contributed by atoms with Crippen LogP contribution in [0.4, 0.5) is 0 Å². The van der Waals surface area contributed by atoms with Crippen LogP contribution in [0.2, 0.25) is 5.02 Å². The first kappa shape index (κ1) is 14.4. The van der Waals surface area contributed by atoms with Crippen molar-refractivity contribution in [1.82, 2.24) is 0 Å². The summed E-state index contributed by atoms with van der Waals surface area (Å²) in [7, 11) is 0. The first-order chi connectivity index (χ1) is 9.04. The quantitative estimate of drug-likeness (QED) is 0.906. The minimum absolute atomic E-state index is 0.227. The number of benzene rings is 1. The molecule has 1 saturated heterocycles. The number of rotatable bonds is 2. The van der Waals surface area contributed by atoms with Gasteiger partial charge in [-0.15, -0.1) is 0 Å². The Morgan fingerprint density at radius 1 is 1.37 bits per heavy atom. The van der Waals surface area contributed by atoms with Crippen LogP contribution >= 0.6 is 11.6 Å². The van der Waals surface area contributed by atoms with Gasteiger partial charge < -0.3 is 10.5 Å². The number of carbonyl (C=O) groups excluding carboxylic acids is 1. The van der Waals surface area contributed by atoms with E-state index in [9.17, 15) is 4.79 Å². The SMILES string of the molecule is CC1CCCO1.NC(=O)C1(c2ccc(Cl)cc2)CC1. The monoisotopic (exact) mass is 281 g/mol. The predicted octanol–water partition coefficient (Wildman–Crippen LogP) is 3.04. The van der Waals surface area contributed by atoms with Crippen molar-refractivity contribution in [1.29, 1.82) is 0 Å². The van der Waals surface area contributed by atoms with Crippen molar-refractivity contribution in [3.8, 4) is 0 Å². The fourth-order valence-electron chi connectivity index (χ4n) is 2.31. The number of ether oxygens (including phenoxy) is 1. The maximum Gasteiger partial charge on any atom is 0.228 e. The van der Waals surface area contributed by atoms with E-state index in [-0.39, 0.29) is 11.3 Å². The van der Waals surface area contributed by atoms with Gasteiger partial charge in [0.15, 0.2) is 0 Å². The molecular weight excluding hydrogens is 262 g/mol. The minimum atomic E-state index is -0.384. The fourth-order valence-corrected chi connectivity index (χ4v) is 2.44. The third kappa shape index (κ3) is 3.48. The number of hydrogen-bond acceptors (Lipinski definition) is 2. The first-order valence-electron chi connectivity index (χ1n) is 6.72. The van der Waals surface area contributed by atoms with Crippen molar-refractivity contribution in [3.05, 3.63) is 34.9 Å². The molecule has 1 amide bonds. The average Bonchev–Trinajstić information content (AvgIpc) is 3.07. The van der Waals surface area contributed by atoms with Crippen LogP contribution in [0, 0.1) is 0 Å². The van der Waals surface area contributed by atoms with Gasteiger partial charge in [0.1, 0.15) is 0 Å². The summed E-state index contributed by atoms with van der Waals surface area (Å²) in [4.78, 5) is 11.2. The molecule has 3 nitrogen and oxygen atoms in total. The van der Waals surface area contributed by atoms with E-state index in [1.807, 2.05) is 12.1 Å². The molecule has 2 aliphatic rings. The van der Waals surface area contributed by atoms with E-state index in [0.29, 0.717) is 11.1 Å². The summed E-state index contributed by atoms with van der Waals surface area (Å²) in [6.45, 7) is 3.11. The zero-order chi connectivity index (χ0) is 13.9. The molecule has 0 aromatic heterocycles. The molecule has 0 bridgehead atoms. The summed E-state index contributed by atoms with van der Waals surface area (Å²) in [6, 6.07) is 7.33. The fraction of sp³-hybridized carbons (Fsp3) is 0.533. The molecule has 1 aromatic rings. The molecule has 1 aliphatic carbocycles. The zero-order valence-corrected chi connectivity index (χ0v) is 12.0. The highest BCUT2D eigenvalue weighted by Gasteiger charge is 2.49. The largest absolute Gasteiger partial charge is 0.379 e. The summed E-state index contributed by atoms with van der Waals surface area (Å²) in [5.41, 5.74) is 5.94. The average molecular weight is 282 g/mol. The Morgan fingerprint density at radius 3 is 2.32 bits per heavy atom. The van der Waals surface area contributed by atoms with Gasteiger partial charge in [-0.2, -0.15) is 0 Å². The van der Waals surface area contributed by atoms with Gasteiger partial charge in [-0.3, -0.25) is 4.79 Å². The van der Waals surface area contributed by atoms with Crippen molar-refractivity contribution < 1.29 is 9.53 Å². The predicted molar refractivity (Wildman–Crippen MR) is 76.2 cm³/mol. The normalized spacial score (nSPS) is 23.4. The number of hydrogen-bond donors (Lipinski definition) is 1. The molecule has 1 saturated carbocycles. The molecule has 2 N–H and O–H groups in total. The Bertz CT molecular complexity index is 434. The van der Waals surface area contributed by atoms with E-state index in [1.165, 1.54) is 12.8 Å². The first-order valence-corrected chi connectivity index (χ1v) is 7.10. The molecule has 1 aromatic carbocycles. The van der Waals surface area contributed by atoms with Crippen molar-refractivity contribution in [2.24, 2.45) is 5.73 Å². The Balaban J connectivity index is 0.000000186. The number of primary amides is 1. The third-order valence-corrected chi connectivity index (χ3v) is 4.03. The lowest BCUT2D eigenvalue weighted by Gasteiger charge is -2.10. The molecule has 1 unspecified atom stereocenters. The maximum absolute atomic E-state index is 11.2. The van der Waals surface area contributed by atoms with Crippen molar-refractivity contribution in [2.75, 3.05) is 6.61 Å². The van der Waals surface area contributed by atoms with Crippen LogP contribution in [0.25, 0.3) is 0 Å². The molecular formula is C15H20ClNO2. The van der Waals surface area contributed by atoms with E-state index < -0.39 is 0 Å². The van der Waals surface area contributed by atoms with E-state index >= 15 is 0 Å². The van der Waals surface area contributed by atoms with Crippen LogP contribution < -0.4 is 5.73 Å². The second-order valence-electron chi connectivity index (χ2n) is 5.28. The van der Waals surface area contributed by atoms with E-state index in [4.69, 9.17) is 22.1 Å². The van der Waals surface area contributed by atoms with Crippen molar-refractivity contribution in [2.45, 2.75) is 44.1 Å². The van der Waals surface area contributed by atoms with Crippen LogP contribution in [-0.2, 0) is 14.9 Å². The third-order valence-electron chi connectivity index (χ3n) is 3.78. The highest BCUT2D eigenvalue weighted by molar-refractivity contribution is 6.30. The van der Waals surface area contributed by atoms with Crippen LogP contribution in [0.15, 0.2) is 24.3 Å². The topological polar surface area (TPSA) is 52.3 Å². The Hall–Kier alpha value is -1.06. The second-order valence-corrected chi connectivity index (χ2v) is 5.71. The van der Waals surface area contributed by atoms with Crippen molar-refractivity contribution >= 4 is 17.5 Å². The van der Waals surface area contributed by atoms with E-state index in [2.05, 4.69) is 6.92 Å². The van der Waals surface area contributed by atoms with Gasteiger partial charge in [-0.05, 0) is 50.3 Å². The standard InChI is InChI=1S/C10H10ClNO.C5H10O/c11-8-3-1-7(2-4-8)10(5-6-10)9(12)13;1-5-3-2-4-6-5/h1-4H,5-6H2,(H2,12,13);5H,2-4H2,1H3. The summed E-state index contributed by atoms with van der Waals surface area (Å²) >= 11 is 5.75. The molecule has 1 aliphatic heterocycles. The van der Waals surface area contributed by atoms with Crippen LogP contribution in [0.3, 0.4) is 0 Å². The Morgan fingerprint density at radius 2 is 2.00 bits per heavy atom.